The summed E-state index contributed by atoms with van der Waals surface area (Å²) in [7, 11) is 0. The molecule has 5 nitrogen and oxygen atoms in total. The zero-order valence-electron chi connectivity index (χ0n) is 36.8. The smallest absolute Gasteiger partial charge is 0.137 e. The molecule has 3 heterocycles. The highest BCUT2D eigenvalue weighted by Crippen LogP contribution is 2.46. The number of hydrogen-bond donors (Lipinski definition) is 0. The Morgan fingerprint density at radius 1 is 0.500 bits per heavy atom. The van der Waals surface area contributed by atoms with E-state index in [2.05, 4.69) is 217 Å². The van der Waals surface area contributed by atoms with Crippen molar-refractivity contribution in [2.45, 2.75) is 85.5 Å². The van der Waals surface area contributed by atoms with Gasteiger partial charge < -0.3 is 14.5 Å². The summed E-state index contributed by atoms with van der Waals surface area (Å²) < 4.78 is 9.01. The SMILES string of the molecule is Cc1cc(-n2c3ccccc3c3ccc(Oc4cccc(N5CN(c6cc(C(C)(C)C)cc(C(C)(C)C)c6)c6ccccc65)c4)cc32)ncc1-c1ccc(C(C)(C)C)cc1. The molecule has 0 amide bonds. The predicted molar refractivity (Wildman–Crippen MR) is 253 cm³/mol. The fraction of sp³-hybridized carbons (Fsp3) is 0.255. The molecule has 9 rings (SSSR count). The van der Waals surface area contributed by atoms with Crippen LogP contribution in [-0.4, -0.2) is 16.2 Å². The first kappa shape index (κ1) is 39.1. The number of para-hydroxylation sites is 3. The molecule has 0 saturated heterocycles. The molecule has 0 aliphatic carbocycles. The number of hydrogen-bond acceptors (Lipinski definition) is 4. The number of rotatable bonds is 6. The molecule has 0 N–H and O–H groups in total. The molecular formula is C55H56N4O. The Morgan fingerprint density at radius 2 is 1.10 bits per heavy atom. The first-order chi connectivity index (χ1) is 28.5. The van der Waals surface area contributed by atoms with E-state index in [1.807, 2.05) is 12.3 Å². The maximum absolute atomic E-state index is 6.74. The lowest BCUT2D eigenvalue weighted by Crippen LogP contribution is -2.25. The Hall–Kier alpha value is -6.33. The lowest BCUT2D eigenvalue weighted by atomic mass is 9.80. The van der Waals surface area contributed by atoms with Crippen molar-refractivity contribution in [1.29, 1.82) is 0 Å². The minimum Gasteiger partial charge on any atom is -0.457 e. The molecule has 0 bridgehead atoms. The molecule has 5 heteroatoms. The second-order valence-corrected chi connectivity index (χ2v) is 19.6. The van der Waals surface area contributed by atoms with E-state index < -0.39 is 0 Å². The Bertz CT molecular complexity index is 2870. The van der Waals surface area contributed by atoms with Gasteiger partial charge in [-0.25, -0.2) is 4.98 Å². The van der Waals surface area contributed by atoms with Crippen LogP contribution < -0.4 is 14.5 Å². The van der Waals surface area contributed by atoms with Crippen LogP contribution in [0.25, 0.3) is 38.8 Å². The molecule has 1 aliphatic rings. The molecule has 60 heavy (non-hydrogen) atoms. The molecule has 2 aromatic heterocycles. The molecule has 302 valence electrons. The molecule has 0 radical (unpaired) electrons. The zero-order valence-corrected chi connectivity index (χ0v) is 36.8. The number of aromatic nitrogens is 2. The lowest BCUT2D eigenvalue weighted by molar-refractivity contribution is 0.483. The molecule has 0 spiro atoms. The number of anilines is 4. The molecule has 6 aromatic carbocycles. The van der Waals surface area contributed by atoms with E-state index in [9.17, 15) is 0 Å². The summed E-state index contributed by atoms with van der Waals surface area (Å²) >= 11 is 0. The van der Waals surface area contributed by atoms with E-state index in [1.165, 1.54) is 50.3 Å². The first-order valence-electron chi connectivity index (χ1n) is 21.2. The fourth-order valence-corrected chi connectivity index (χ4v) is 8.52. The van der Waals surface area contributed by atoms with Crippen LogP contribution in [0.15, 0.2) is 146 Å². The summed E-state index contributed by atoms with van der Waals surface area (Å²) in [6, 6.07) is 50.4. The quantitative estimate of drug-likeness (QED) is 0.168. The number of benzene rings is 6. The minimum atomic E-state index is 0.0252. The first-order valence-corrected chi connectivity index (χ1v) is 21.2. The van der Waals surface area contributed by atoms with Gasteiger partial charge in [0.2, 0.25) is 0 Å². The highest BCUT2D eigenvalue weighted by Gasteiger charge is 2.30. The number of aryl methyl sites for hydroxylation is 1. The van der Waals surface area contributed by atoms with Crippen molar-refractivity contribution in [3.8, 4) is 28.4 Å². The third-order valence-corrected chi connectivity index (χ3v) is 12.1. The molecular weight excluding hydrogens is 733 g/mol. The van der Waals surface area contributed by atoms with Crippen LogP contribution in [0.1, 0.15) is 84.6 Å². The van der Waals surface area contributed by atoms with Gasteiger partial charge in [0.05, 0.1) is 22.4 Å². The Labute approximate surface area is 355 Å². The monoisotopic (exact) mass is 788 g/mol. The van der Waals surface area contributed by atoms with Gasteiger partial charge in [-0.2, -0.15) is 0 Å². The van der Waals surface area contributed by atoms with Gasteiger partial charge in [0, 0.05) is 46.0 Å². The zero-order chi connectivity index (χ0) is 42.1. The average molecular weight is 789 g/mol. The molecule has 0 saturated carbocycles. The summed E-state index contributed by atoms with van der Waals surface area (Å²) in [5.74, 6) is 2.44. The van der Waals surface area contributed by atoms with Crippen LogP contribution >= 0.6 is 0 Å². The normalized spacial score (nSPS) is 13.4. The largest absolute Gasteiger partial charge is 0.457 e. The van der Waals surface area contributed by atoms with Crippen molar-refractivity contribution < 1.29 is 4.74 Å². The summed E-state index contributed by atoms with van der Waals surface area (Å²) in [6.07, 6.45) is 2.02. The summed E-state index contributed by atoms with van der Waals surface area (Å²) in [6.45, 7) is 23.4. The molecule has 1 aliphatic heterocycles. The Kier molecular flexibility index (Phi) is 9.42. The van der Waals surface area contributed by atoms with E-state index >= 15 is 0 Å². The second kappa shape index (κ2) is 14.4. The third-order valence-electron chi connectivity index (χ3n) is 12.1. The number of pyridine rings is 1. The fourth-order valence-electron chi connectivity index (χ4n) is 8.52. The van der Waals surface area contributed by atoms with Crippen LogP contribution in [0, 0.1) is 6.92 Å². The van der Waals surface area contributed by atoms with Gasteiger partial charge in [-0.15, -0.1) is 0 Å². The number of fused-ring (bicyclic) bond motifs is 4. The molecule has 0 unspecified atom stereocenters. The van der Waals surface area contributed by atoms with Gasteiger partial charge in [-0.3, -0.25) is 4.57 Å². The topological polar surface area (TPSA) is 33.5 Å². The minimum absolute atomic E-state index is 0.0252. The van der Waals surface area contributed by atoms with Crippen molar-refractivity contribution >= 4 is 44.6 Å². The van der Waals surface area contributed by atoms with Gasteiger partial charge >= 0.3 is 0 Å². The van der Waals surface area contributed by atoms with E-state index in [0.29, 0.717) is 6.67 Å². The maximum Gasteiger partial charge on any atom is 0.137 e. The van der Waals surface area contributed by atoms with Crippen molar-refractivity contribution in [3.05, 3.63) is 168 Å². The van der Waals surface area contributed by atoms with Crippen LogP contribution in [0.4, 0.5) is 22.7 Å². The standard InChI is InChI=1S/C55H56N4O/c1-36-28-52(56-34-47(36)37-22-24-38(25-23-37)53(2,3)4)59-48-19-12-11-18-45(48)46-27-26-44(33-51(46)59)60-43-17-15-16-41(32-43)57-35-58(50-21-14-13-20-49(50)57)42-30-39(54(5,6)7)29-40(31-42)55(8,9)10/h11-34H,35H2,1-10H3. The van der Waals surface area contributed by atoms with Crippen LogP contribution in [0.2, 0.25) is 0 Å². The van der Waals surface area contributed by atoms with E-state index in [-0.39, 0.29) is 16.2 Å². The van der Waals surface area contributed by atoms with Gasteiger partial charge in [0.1, 0.15) is 24.0 Å². The van der Waals surface area contributed by atoms with Crippen LogP contribution in [0.3, 0.4) is 0 Å². The van der Waals surface area contributed by atoms with Crippen molar-refractivity contribution in [3.63, 3.8) is 0 Å². The second-order valence-electron chi connectivity index (χ2n) is 19.6. The van der Waals surface area contributed by atoms with Gasteiger partial charge in [0.25, 0.3) is 0 Å². The van der Waals surface area contributed by atoms with E-state index in [1.54, 1.807) is 0 Å². The predicted octanol–water partition coefficient (Wildman–Crippen LogP) is 15.1. The van der Waals surface area contributed by atoms with E-state index in [0.717, 1.165) is 45.0 Å². The van der Waals surface area contributed by atoms with Gasteiger partial charge in [-0.1, -0.05) is 129 Å². The summed E-state index contributed by atoms with van der Waals surface area (Å²) in [5.41, 5.74) is 14.5. The third kappa shape index (κ3) is 7.21. The van der Waals surface area contributed by atoms with E-state index in [4.69, 9.17) is 9.72 Å². The average Bonchev–Trinajstić information content (AvgIpc) is 3.76. The van der Waals surface area contributed by atoms with Crippen LogP contribution in [0.5, 0.6) is 11.5 Å². The lowest BCUT2D eigenvalue weighted by Gasteiger charge is -2.29. The highest BCUT2D eigenvalue weighted by molar-refractivity contribution is 6.09. The molecule has 8 aromatic rings. The summed E-state index contributed by atoms with van der Waals surface area (Å²) in [5, 5.41) is 2.34. The Balaban J connectivity index is 1.05. The highest BCUT2D eigenvalue weighted by atomic mass is 16.5. The molecule has 0 atom stereocenters. The van der Waals surface area contributed by atoms with Gasteiger partial charge in [-0.05, 0) is 112 Å². The summed E-state index contributed by atoms with van der Waals surface area (Å²) in [4.78, 5) is 9.93. The number of ether oxygens (including phenoxy) is 1. The maximum atomic E-state index is 6.74. The Morgan fingerprint density at radius 3 is 1.75 bits per heavy atom. The van der Waals surface area contributed by atoms with Gasteiger partial charge in [0.15, 0.2) is 0 Å². The van der Waals surface area contributed by atoms with Crippen molar-refractivity contribution in [2.24, 2.45) is 0 Å². The van der Waals surface area contributed by atoms with Crippen molar-refractivity contribution in [1.82, 2.24) is 9.55 Å². The number of nitrogens with zero attached hydrogens (tertiary/aromatic N) is 4. The van der Waals surface area contributed by atoms with Crippen LogP contribution in [-0.2, 0) is 16.2 Å². The van der Waals surface area contributed by atoms with Crippen molar-refractivity contribution in [2.75, 3.05) is 16.5 Å². The molecule has 0 fully saturated rings.